The van der Waals surface area contributed by atoms with Crippen molar-refractivity contribution in [3.8, 4) is 0 Å². The van der Waals surface area contributed by atoms with Gasteiger partial charge in [-0.1, -0.05) is 49.4 Å². The number of hydrogen-bond donors (Lipinski definition) is 2. The summed E-state index contributed by atoms with van der Waals surface area (Å²) in [6, 6.07) is 21.9. The predicted octanol–water partition coefficient (Wildman–Crippen LogP) is 4.69. The molecular weight excluding hydrogens is 308 g/mol. The zero-order valence-electron chi connectivity index (χ0n) is 14.3. The summed E-state index contributed by atoms with van der Waals surface area (Å²) in [5, 5.41) is 5.21. The van der Waals surface area contributed by atoms with Gasteiger partial charge in [0.1, 0.15) is 0 Å². The van der Waals surface area contributed by atoms with Crippen molar-refractivity contribution in [3.05, 3.63) is 77.9 Å². The lowest BCUT2D eigenvalue weighted by atomic mass is 10.0. The Hall–Kier alpha value is -2.65. The largest absolute Gasteiger partial charge is 0.325 e. The number of amides is 1. The highest BCUT2D eigenvalue weighted by molar-refractivity contribution is 6.06. The molecule has 0 spiro atoms. The van der Waals surface area contributed by atoms with Gasteiger partial charge in [0, 0.05) is 22.7 Å². The molecule has 3 aromatic carbocycles. The molecule has 1 saturated carbocycles. The van der Waals surface area contributed by atoms with Crippen LogP contribution in [0.5, 0.6) is 0 Å². The number of fused-ring (bicyclic) bond motifs is 1. The molecule has 3 aromatic rings. The van der Waals surface area contributed by atoms with E-state index in [-0.39, 0.29) is 11.4 Å². The third-order valence-corrected chi connectivity index (χ3v) is 5.33. The summed E-state index contributed by atoms with van der Waals surface area (Å²) in [4.78, 5) is 12.6. The van der Waals surface area contributed by atoms with E-state index in [1.165, 1.54) is 5.56 Å². The molecule has 3 heteroatoms. The van der Waals surface area contributed by atoms with Gasteiger partial charge in [-0.05, 0) is 53.4 Å². The van der Waals surface area contributed by atoms with Crippen molar-refractivity contribution in [2.45, 2.75) is 31.2 Å². The van der Waals surface area contributed by atoms with Gasteiger partial charge in [-0.25, -0.2) is 0 Å². The van der Waals surface area contributed by atoms with E-state index in [1.807, 2.05) is 60.7 Å². The first kappa shape index (κ1) is 15.9. The Kier molecular flexibility index (Phi) is 3.81. The van der Waals surface area contributed by atoms with Crippen LogP contribution in [-0.2, 0) is 0 Å². The van der Waals surface area contributed by atoms with Gasteiger partial charge in [0.05, 0.1) is 0 Å². The van der Waals surface area contributed by atoms with Crippen LogP contribution in [0.4, 0.5) is 5.69 Å². The van der Waals surface area contributed by atoms with Gasteiger partial charge >= 0.3 is 0 Å². The average Bonchev–Trinajstić information content (AvgIpc) is 3.34. The van der Waals surface area contributed by atoms with E-state index in [9.17, 15) is 4.79 Å². The maximum absolute atomic E-state index is 12.6. The molecule has 4 rings (SSSR count). The monoisotopic (exact) mass is 330 g/mol. The summed E-state index contributed by atoms with van der Waals surface area (Å²) in [6.45, 7) is 2.13. The third-order valence-electron chi connectivity index (χ3n) is 5.33. The normalized spacial score (nSPS) is 21.9. The van der Waals surface area contributed by atoms with Crippen LogP contribution in [0.2, 0.25) is 0 Å². The lowest BCUT2D eigenvalue weighted by Gasteiger charge is -2.11. The fraction of sp³-hybridized carbons (Fsp3) is 0.227. The fourth-order valence-corrected chi connectivity index (χ4v) is 3.53. The van der Waals surface area contributed by atoms with Crippen LogP contribution in [0, 0.1) is 0 Å². The molecule has 1 aliphatic carbocycles. The Balaban J connectivity index is 1.54. The minimum Gasteiger partial charge on any atom is -0.325 e. The van der Waals surface area contributed by atoms with Crippen LogP contribution in [-0.4, -0.2) is 11.4 Å². The fourth-order valence-electron chi connectivity index (χ4n) is 3.53. The van der Waals surface area contributed by atoms with Gasteiger partial charge in [0.2, 0.25) is 0 Å². The molecule has 1 aliphatic rings. The number of hydrogen-bond acceptors (Lipinski definition) is 2. The average molecular weight is 330 g/mol. The Labute approximate surface area is 147 Å². The van der Waals surface area contributed by atoms with E-state index >= 15 is 0 Å². The van der Waals surface area contributed by atoms with Crippen LogP contribution < -0.4 is 11.1 Å². The Morgan fingerprint density at radius 3 is 2.64 bits per heavy atom. The number of nitrogens with one attached hydrogen (secondary N) is 1. The van der Waals surface area contributed by atoms with Crippen molar-refractivity contribution in [1.82, 2.24) is 0 Å². The molecule has 3 N–H and O–H groups in total. The number of nitrogens with two attached hydrogens (primary N) is 1. The quantitative estimate of drug-likeness (QED) is 0.729. The molecular formula is C22H22N2O. The summed E-state index contributed by atoms with van der Waals surface area (Å²) in [5.74, 6) is 0.309. The maximum atomic E-state index is 12.6. The Morgan fingerprint density at radius 2 is 1.88 bits per heavy atom. The van der Waals surface area contributed by atoms with Crippen molar-refractivity contribution in [2.24, 2.45) is 5.73 Å². The minimum atomic E-state index is -0.0896. The number of carbonyl (C=O) groups is 1. The highest BCUT2D eigenvalue weighted by Gasteiger charge is 2.49. The van der Waals surface area contributed by atoms with E-state index in [4.69, 9.17) is 5.73 Å². The molecule has 25 heavy (non-hydrogen) atoms. The third kappa shape index (κ3) is 3.03. The van der Waals surface area contributed by atoms with Gasteiger partial charge in [-0.2, -0.15) is 0 Å². The summed E-state index contributed by atoms with van der Waals surface area (Å²) >= 11 is 0. The Bertz CT molecular complexity index is 949. The van der Waals surface area contributed by atoms with Crippen LogP contribution in [0.15, 0.2) is 66.7 Å². The first-order chi connectivity index (χ1) is 12.1. The van der Waals surface area contributed by atoms with E-state index in [0.717, 1.165) is 29.3 Å². The second kappa shape index (κ2) is 6.01. The summed E-state index contributed by atoms with van der Waals surface area (Å²) in [6.07, 6.45) is 2.00. The van der Waals surface area contributed by atoms with Gasteiger partial charge in [-0.15, -0.1) is 0 Å². The van der Waals surface area contributed by atoms with E-state index in [0.29, 0.717) is 11.5 Å². The van der Waals surface area contributed by atoms with Gasteiger partial charge in [0.15, 0.2) is 0 Å². The highest BCUT2D eigenvalue weighted by Crippen LogP contribution is 2.51. The number of anilines is 1. The van der Waals surface area contributed by atoms with Crippen molar-refractivity contribution in [2.75, 3.05) is 5.32 Å². The predicted molar refractivity (Wildman–Crippen MR) is 103 cm³/mol. The van der Waals surface area contributed by atoms with Gasteiger partial charge in [-0.3, -0.25) is 4.79 Å². The molecule has 1 fully saturated rings. The van der Waals surface area contributed by atoms with Crippen LogP contribution in [0.25, 0.3) is 10.8 Å². The van der Waals surface area contributed by atoms with Crippen molar-refractivity contribution in [1.29, 1.82) is 0 Å². The molecule has 1 amide bonds. The van der Waals surface area contributed by atoms with Crippen molar-refractivity contribution >= 4 is 22.4 Å². The van der Waals surface area contributed by atoms with E-state index in [1.54, 1.807) is 0 Å². The highest BCUT2D eigenvalue weighted by atomic mass is 16.1. The minimum absolute atomic E-state index is 0.0685. The maximum Gasteiger partial charge on any atom is 0.255 e. The second-order valence-corrected chi connectivity index (χ2v) is 6.98. The number of rotatable bonds is 4. The standard InChI is InChI=1S/C22H22N2O/c1-2-22(23)14-20(22)17-8-5-9-19(13-17)24-21(25)18-11-10-15-6-3-4-7-16(15)12-18/h3-13,20H,2,14,23H2,1H3,(H,24,25)/t20-,22+/m0/s1. The smallest absolute Gasteiger partial charge is 0.255 e. The second-order valence-electron chi connectivity index (χ2n) is 6.98. The molecule has 0 bridgehead atoms. The molecule has 0 saturated heterocycles. The number of carbonyl (C=O) groups excluding carboxylic acids is 1. The zero-order valence-corrected chi connectivity index (χ0v) is 14.3. The SMILES string of the molecule is CC[C@@]1(N)C[C@H]1c1cccc(NC(=O)c2ccc3ccccc3c2)c1. The molecule has 0 radical (unpaired) electrons. The first-order valence-corrected chi connectivity index (χ1v) is 8.78. The molecule has 0 unspecified atom stereocenters. The summed E-state index contributed by atoms with van der Waals surface area (Å²) in [7, 11) is 0. The van der Waals surface area contributed by atoms with Crippen LogP contribution >= 0.6 is 0 Å². The van der Waals surface area contributed by atoms with Crippen molar-refractivity contribution < 1.29 is 4.79 Å². The summed E-state index contributed by atoms with van der Waals surface area (Å²) < 4.78 is 0. The number of benzene rings is 3. The zero-order chi connectivity index (χ0) is 17.4. The van der Waals surface area contributed by atoms with E-state index < -0.39 is 0 Å². The van der Waals surface area contributed by atoms with Crippen LogP contribution in [0.1, 0.15) is 41.6 Å². The lowest BCUT2D eigenvalue weighted by Crippen LogP contribution is -2.22. The van der Waals surface area contributed by atoms with Gasteiger partial charge < -0.3 is 11.1 Å². The molecule has 0 aliphatic heterocycles. The van der Waals surface area contributed by atoms with Gasteiger partial charge in [0.25, 0.3) is 5.91 Å². The molecule has 2 atom stereocenters. The van der Waals surface area contributed by atoms with E-state index in [2.05, 4.69) is 18.3 Å². The van der Waals surface area contributed by atoms with Crippen LogP contribution in [0.3, 0.4) is 0 Å². The topological polar surface area (TPSA) is 55.1 Å². The van der Waals surface area contributed by atoms with Crippen molar-refractivity contribution in [3.63, 3.8) is 0 Å². The Morgan fingerprint density at radius 1 is 1.08 bits per heavy atom. The first-order valence-electron chi connectivity index (χ1n) is 8.78. The molecule has 3 nitrogen and oxygen atoms in total. The molecule has 0 aromatic heterocycles. The summed E-state index contributed by atoms with van der Waals surface area (Å²) in [5.41, 5.74) is 8.95. The molecule has 126 valence electrons. The lowest BCUT2D eigenvalue weighted by molar-refractivity contribution is 0.102. The molecule has 0 heterocycles.